The molecule has 7 nitrogen and oxygen atoms in total. The summed E-state index contributed by atoms with van der Waals surface area (Å²) in [6.45, 7) is 4.23. The Bertz CT molecular complexity index is 517. The predicted molar refractivity (Wildman–Crippen MR) is 82.6 cm³/mol. The van der Waals surface area contributed by atoms with Crippen molar-refractivity contribution in [2.75, 3.05) is 39.4 Å². The molecular formula is C16H23N3O4. The smallest absolute Gasteiger partial charge is 0.317 e. The van der Waals surface area contributed by atoms with Crippen LogP contribution in [0.5, 0.6) is 0 Å². The topological polar surface area (TPSA) is 75.0 Å². The van der Waals surface area contributed by atoms with E-state index in [1.807, 2.05) is 11.0 Å². The van der Waals surface area contributed by atoms with Gasteiger partial charge < -0.3 is 24.3 Å². The molecule has 126 valence electrons. The molecule has 1 N–H and O–H groups in total. The highest BCUT2D eigenvalue weighted by Gasteiger charge is 2.30. The Kier molecular flexibility index (Phi) is 5.17. The van der Waals surface area contributed by atoms with Gasteiger partial charge in [0.2, 0.25) is 5.91 Å². The highest BCUT2D eigenvalue weighted by molar-refractivity contribution is 5.80. The van der Waals surface area contributed by atoms with Crippen molar-refractivity contribution in [1.29, 1.82) is 0 Å². The molecule has 3 heterocycles. The molecule has 2 aliphatic rings. The molecule has 2 saturated heterocycles. The third-order valence-electron chi connectivity index (χ3n) is 4.45. The van der Waals surface area contributed by atoms with Crippen LogP contribution in [-0.2, 0) is 16.1 Å². The number of nitrogens with zero attached hydrogens (tertiary/aromatic N) is 2. The molecule has 0 spiro atoms. The molecule has 0 atom stereocenters. The molecule has 3 rings (SSSR count). The highest BCUT2D eigenvalue weighted by Crippen LogP contribution is 2.20. The van der Waals surface area contributed by atoms with Gasteiger partial charge in [0.05, 0.1) is 26.0 Å². The molecule has 0 aromatic carbocycles. The molecule has 0 radical (unpaired) electrons. The minimum Gasteiger partial charge on any atom is -0.467 e. The Labute approximate surface area is 135 Å². The number of piperidine rings is 1. The van der Waals surface area contributed by atoms with E-state index in [4.69, 9.17) is 9.15 Å². The Morgan fingerprint density at radius 3 is 2.52 bits per heavy atom. The number of hydrogen-bond donors (Lipinski definition) is 1. The van der Waals surface area contributed by atoms with Crippen LogP contribution in [0.15, 0.2) is 22.8 Å². The lowest BCUT2D eigenvalue weighted by Crippen LogP contribution is -2.49. The van der Waals surface area contributed by atoms with Crippen molar-refractivity contribution in [3.63, 3.8) is 0 Å². The summed E-state index contributed by atoms with van der Waals surface area (Å²) in [5.74, 6) is 0.974. The SMILES string of the molecule is O=C(NCc1ccco1)N1CCC(C(=O)N2CCOCC2)CC1. The summed E-state index contributed by atoms with van der Waals surface area (Å²) in [6, 6.07) is 3.52. The summed E-state index contributed by atoms with van der Waals surface area (Å²) in [7, 11) is 0. The second kappa shape index (κ2) is 7.50. The number of morpholine rings is 1. The zero-order valence-electron chi connectivity index (χ0n) is 13.2. The monoisotopic (exact) mass is 321 g/mol. The first-order valence-electron chi connectivity index (χ1n) is 8.16. The number of urea groups is 1. The van der Waals surface area contributed by atoms with Crippen LogP contribution in [0.2, 0.25) is 0 Å². The van der Waals surface area contributed by atoms with Crippen molar-refractivity contribution in [2.45, 2.75) is 19.4 Å². The van der Waals surface area contributed by atoms with Gasteiger partial charge in [-0.1, -0.05) is 0 Å². The van der Waals surface area contributed by atoms with Crippen molar-refractivity contribution in [3.05, 3.63) is 24.2 Å². The lowest BCUT2D eigenvalue weighted by atomic mass is 9.95. The van der Waals surface area contributed by atoms with Crippen molar-refractivity contribution >= 4 is 11.9 Å². The molecule has 2 fully saturated rings. The molecular weight excluding hydrogens is 298 g/mol. The highest BCUT2D eigenvalue weighted by atomic mass is 16.5. The van der Waals surface area contributed by atoms with E-state index in [1.165, 1.54) is 0 Å². The van der Waals surface area contributed by atoms with E-state index >= 15 is 0 Å². The third-order valence-corrected chi connectivity index (χ3v) is 4.45. The molecule has 0 bridgehead atoms. The van der Waals surface area contributed by atoms with Crippen molar-refractivity contribution < 1.29 is 18.7 Å². The Hall–Kier alpha value is -2.02. The minimum atomic E-state index is -0.0985. The van der Waals surface area contributed by atoms with Crippen LogP contribution < -0.4 is 5.32 Å². The Balaban J connectivity index is 1.42. The van der Waals surface area contributed by atoms with Gasteiger partial charge in [0.1, 0.15) is 5.76 Å². The van der Waals surface area contributed by atoms with Gasteiger partial charge >= 0.3 is 6.03 Å². The number of likely N-dealkylation sites (tertiary alicyclic amines) is 1. The summed E-state index contributed by atoms with van der Waals surface area (Å²) < 4.78 is 10.5. The van der Waals surface area contributed by atoms with E-state index < -0.39 is 0 Å². The summed E-state index contributed by atoms with van der Waals surface area (Å²) >= 11 is 0. The maximum atomic E-state index is 12.4. The Morgan fingerprint density at radius 2 is 1.87 bits per heavy atom. The first-order chi connectivity index (χ1) is 11.2. The number of carbonyl (C=O) groups excluding carboxylic acids is 2. The van der Waals surface area contributed by atoms with E-state index in [9.17, 15) is 9.59 Å². The molecule has 1 aromatic heterocycles. The van der Waals surface area contributed by atoms with Crippen LogP contribution >= 0.6 is 0 Å². The summed E-state index contributed by atoms with van der Waals surface area (Å²) in [6.07, 6.45) is 3.04. The van der Waals surface area contributed by atoms with E-state index in [-0.39, 0.29) is 17.9 Å². The minimum absolute atomic E-state index is 0.0298. The van der Waals surface area contributed by atoms with Gasteiger partial charge in [-0.3, -0.25) is 4.79 Å². The van der Waals surface area contributed by atoms with Gasteiger partial charge in [-0.25, -0.2) is 4.79 Å². The number of carbonyl (C=O) groups is 2. The van der Waals surface area contributed by atoms with Gasteiger partial charge in [-0.2, -0.15) is 0 Å². The second-order valence-corrected chi connectivity index (χ2v) is 5.94. The van der Waals surface area contributed by atoms with Crippen molar-refractivity contribution in [2.24, 2.45) is 5.92 Å². The van der Waals surface area contributed by atoms with Gasteiger partial charge in [0, 0.05) is 32.1 Å². The number of rotatable bonds is 3. The molecule has 0 aliphatic carbocycles. The normalized spacial score (nSPS) is 19.7. The third kappa shape index (κ3) is 4.04. The maximum absolute atomic E-state index is 12.4. The predicted octanol–water partition coefficient (Wildman–Crippen LogP) is 1.06. The molecule has 0 unspecified atom stereocenters. The van der Waals surface area contributed by atoms with Gasteiger partial charge in [-0.15, -0.1) is 0 Å². The van der Waals surface area contributed by atoms with Crippen molar-refractivity contribution in [1.82, 2.24) is 15.1 Å². The first kappa shape index (κ1) is 15.9. The van der Waals surface area contributed by atoms with Crippen LogP contribution in [0.25, 0.3) is 0 Å². The zero-order valence-corrected chi connectivity index (χ0v) is 13.2. The van der Waals surface area contributed by atoms with E-state index in [0.717, 1.165) is 18.6 Å². The standard InChI is InChI=1S/C16H23N3O4/c20-15(18-7-10-22-11-8-18)13-3-5-19(6-4-13)16(21)17-12-14-2-1-9-23-14/h1-2,9,13H,3-8,10-12H2,(H,17,21). The molecule has 2 aliphatic heterocycles. The molecule has 3 amide bonds. The second-order valence-electron chi connectivity index (χ2n) is 5.94. The fourth-order valence-corrected chi connectivity index (χ4v) is 3.06. The van der Waals surface area contributed by atoms with Crippen molar-refractivity contribution in [3.8, 4) is 0 Å². The van der Waals surface area contributed by atoms with Gasteiger partial charge in [0.25, 0.3) is 0 Å². The van der Waals surface area contributed by atoms with E-state index in [2.05, 4.69) is 5.32 Å². The molecule has 0 saturated carbocycles. The number of hydrogen-bond acceptors (Lipinski definition) is 4. The van der Waals surface area contributed by atoms with Crippen LogP contribution in [-0.4, -0.2) is 61.1 Å². The van der Waals surface area contributed by atoms with E-state index in [0.29, 0.717) is 45.9 Å². The summed E-state index contributed by atoms with van der Waals surface area (Å²) in [4.78, 5) is 28.2. The summed E-state index contributed by atoms with van der Waals surface area (Å²) in [5.41, 5.74) is 0. The van der Waals surface area contributed by atoms with Crippen LogP contribution in [0, 0.1) is 5.92 Å². The average Bonchev–Trinajstić information content (AvgIpc) is 3.13. The number of furan rings is 1. The lowest BCUT2D eigenvalue weighted by Gasteiger charge is -2.35. The van der Waals surface area contributed by atoms with Crippen LogP contribution in [0.1, 0.15) is 18.6 Å². The number of nitrogens with one attached hydrogen (secondary N) is 1. The molecule has 23 heavy (non-hydrogen) atoms. The van der Waals surface area contributed by atoms with E-state index in [1.54, 1.807) is 17.2 Å². The van der Waals surface area contributed by atoms with Gasteiger partial charge in [0.15, 0.2) is 0 Å². The first-order valence-corrected chi connectivity index (χ1v) is 8.16. The fraction of sp³-hybridized carbons (Fsp3) is 0.625. The number of amides is 3. The largest absolute Gasteiger partial charge is 0.467 e. The summed E-state index contributed by atoms with van der Waals surface area (Å²) in [5, 5.41) is 2.84. The van der Waals surface area contributed by atoms with Gasteiger partial charge in [-0.05, 0) is 25.0 Å². The van der Waals surface area contributed by atoms with Crippen LogP contribution in [0.4, 0.5) is 4.79 Å². The Morgan fingerprint density at radius 1 is 1.13 bits per heavy atom. The lowest BCUT2D eigenvalue weighted by molar-refractivity contribution is -0.141. The van der Waals surface area contributed by atoms with Crippen LogP contribution in [0.3, 0.4) is 0 Å². The quantitative estimate of drug-likeness (QED) is 0.903. The molecule has 7 heteroatoms. The number of ether oxygens (including phenoxy) is 1. The average molecular weight is 321 g/mol. The zero-order chi connectivity index (χ0) is 16.1. The maximum Gasteiger partial charge on any atom is 0.317 e. The fourth-order valence-electron chi connectivity index (χ4n) is 3.06. The molecule has 1 aromatic rings.